The first kappa shape index (κ1) is 23.4. The van der Waals surface area contributed by atoms with Crippen LogP contribution in [0.2, 0.25) is 0 Å². The van der Waals surface area contributed by atoms with Crippen molar-refractivity contribution in [2.75, 3.05) is 13.2 Å². The van der Waals surface area contributed by atoms with Gasteiger partial charge in [0.25, 0.3) is 11.8 Å². The molecule has 7 rings (SSSR count). The molecule has 6 aliphatic rings. The van der Waals surface area contributed by atoms with Gasteiger partial charge in [0.15, 0.2) is 5.79 Å². The molecule has 36 heavy (non-hydrogen) atoms. The highest BCUT2D eigenvalue weighted by atomic mass is 16.7. The molecule has 4 saturated carbocycles. The summed E-state index contributed by atoms with van der Waals surface area (Å²) in [6.07, 6.45) is 10.7. The number of amides is 2. The number of nitrogens with zero attached hydrogens (tertiary/aromatic N) is 1. The Labute approximate surface area is 215 Å². The van der Waals surface area contributed by atoms with E-state index in [1.165, 1.54) is 38.5 Å². The fourth-order valence-corrected chi connectivity index (χ4v) is 10.6. The molecule has 0 bridgehead atoms. The van der Waals surface area contributed by atoms with Gasteiger partial charge in [-0.05, 0) is 111 Å². The van der Waals surface area contributed by atoms with Crippen molar-refractivity contribution in [3.63, 3.8) is 0 Å². The molecule has 5 heteroatoms. The molecule has 1 aromatic carbocycles. The lowest BCUT2D eigenvalue weighted by Gasteiger charge is -2.62. The third kappa shape index (κ3) is 3.02. The Morgan fingerprint density at radius 2 is 1.42 bits per heavy atom. The lowest BCUT2D eigenvalue weighted by Crippen LogP contribution is -2.57. The van der Waals surface area contributed by atoms with Crippen molar-refractivity contribution in [2.24, 2.45) is 40.4 Å². The predicted molar refractivity (Wildman–Crippen MR) is 136 cm³/mol. The first-order valence-electron chi connectivity index (χ1n) is 14.5. The summed E-state index contributed by atoms with van der Waals surface area (Å²) < 4.78 is 12.4. The second-order valence-corrected chi connectivity index (χ2v) is 13.5. The van der Waals surface area contributed by atoms with Crippen LogP contribution >= 0.6 is 0 Å². The Kier molecular flexibility index (Phi) is 5.13. The van der Waals surface area contributed by atoms with E-state index in [9.17, 15) is 9.59 Å². The molecule has 0 unspecified atom stereocenters. The van der Waals surface area contributed by atoms with Crippen LogP contribution < -0.4 is 0 Å². The van der Waals surface area contributed by atoms with Crippen LogP contribution in [0.5, 0.6) is 0 Å². The predicted octanol–water partition coefficient (Wildman–Crippen LogP) is 6.07. The van der Waals surface area contributed by atoms with Gasteiger partial charge in [-0.15, -0.1) is 0 Å². The Hall–Kier alpha value is -1.72. The van der Waals surface area contributed by atoms with E-state index >= 15 is 0 Å². The van der Waals surface area contributed by atoms with Crippen molar-refractivity contribution in [3.8, 4) is 0 Å². The van der Waals surface area contributed by atoms with Gasteiger partial charge in [-0.25, -0.2) is 0 Å². The first-order chi connectivity index (χ1) is 17.3. The summed E-state index contributed by atoms with van der Waals surface area (Å²) in [6, 6.07) is 7.39. The van der Waals surface area contributed by atoms with Gasteiger partial charge in [0.2, 0.25) is 0 Å². The minimum absolute atomic E-state index is 0.0494. The lowest BCUT2D eigenvalue weighted by atomic mass is 9.44. The average Bonchev–Trinajstić information content (AvgIpc) is 3.54. The summed E-state index contributed by atoms with van der Waals surface area (Å²) in [5.74, 6) is 2.85. The van der Waals surface area contributed by atoms with Gasteiger partial charge in [0.05, 0.1) is 24.3 Å². The number of carbonyl (C=O) groups is 2. The highest BCUT2D eigenvalue weighted by Crippen LogP contribution is 2.69. The molecule has 2 heterocycles. The smallest absolute Gasteiger partial charge is 0.261 e. The van der Waals surface area contributed by atoms with Crippen molar-refractivity contribution >= 4 is 11.8 Å². The summed E-state index contributed by atoms with van der Waals surface area (Å²) in [5.41, 5.74) is 1.80. The fraction of sp³-hybridized carbons (Fsp3) is 0.742. The summed E-state index contributed by atoms with van der Waals surface area (Å²) in [4.78, 5) is 28.0. The van der Waals surface area contributed by atoms with Crippen molar-refractivity contribution in [3.05, 3.63) is 35.4 Å². The van der Waals surface area contributed by atoms with Crippen LogP contribution in [0.25, 0.3) is 0 Å². The minimum Gasteiger partial charge on any atom is -0.348 e. The van der Waals surface area contributed by atoms with E-state index in [0.717, 1.165) is 50.2 Å². The Morgan fingerprint density at radius 3 is 2.11 bits per heavy atom. The normalized spacial score (nSPS) is 45.2. The van der Waals surface area contributed by atoms with Crippen LogP contribution in [0, 0.1) is 40.4 Å². The van der Waals surface area contributed by atoms with Crippen molar-refractivity contribution < 1.29 is 19.1 Å². The van der Waals surface area contributed by atoms with Crippen LogP contribution in [-0.4, -0.2) is 41.8 Å². The highest BCUT2D eigenvalue weighted by molar-refractivity contribution is 6.21. The van der Waals surface area contributed by atoms with E-state index in [-0.39, 0.29) is 17.9 Å². The third-order valence-corrected chi connectivity index (χ3v) is 12.3. The van der Waals surface area contributed by atoms with Crippen LogP contribution in [0.3, 0.4) is 0 Å². The van der Waals surface area contributed by atoms with Crippen LogP contribution in [0.1, 0.15) is 99.3 Å². The van der Waals surface area contributed by atoms with E-state index < -0.39 is 5.79 Å². The molecule has 1 aromatic rings. The number of fused-ring (bicyclic) bond motifs is 6. The number of carbonyl (C=O) groups excluding carboxylic acids is 2. The van der Waals surface area contributed by atoms with E-state index in [1.807, 2.05) is 24.3 Å². The molecule has 5 nitrogen and oxygen atoms in total. The van der Waals surface area contributed by atoms with E-state index in [1.54, 1.807) is 4.90 Å². The largest absolute Gasteiger partial charge is 0.348 e. The molecule has 0 N–H and O–H groups in total. The molecule has 0 spiro atoms. The van der Waals surface area contributed by atoms with Gasteiger partial charge in [-0.1, -0.05) is 26.0 Å². The summed E-state index contributed by atoms with van der Waals surface area (Å²) in [7, 11) is 0. The molecule has 8 atom stereocenters. The number of benzene rings is 1. The molecule has 1 saturated heterocycles. The third-order valence-electron chi connectivity index (χ3n) is 12.3. The van der Waals surface area contributed by atoms with E-state index in [0.29, 0.717) is 33.8 Å². The molecule has 4 aliphatic carbocycles. The zero-order valence-corrected chi connectivity index (χ0v) is 22.1. The SMILES string of the molecule is CC1([C@H]2CC[C@H]3[C@@H]4CC[C@H]5C[C@H](N6C(=O)c7ccccc7C6=O)CC[C@]5(C)[C@H]4CC[C@]23C)OCCO1. The lowest BCUT2D eigenvalue weighted by molar-refractivity contribution is -0.218. The second-order valence-electron chi connectivity index (χ2n) is 13.5. The summed E-state index contributed by atoms with van der Waals surface area (Å²) >= 11 is 0. The maximum atomic E-state index is 13.2. The zero-order chi connectivity index (χ0) is 24.9. The van der Waals surface area contributed by atoms with Gasteiger partial charge < -0.3 is 9.47 Å². The Balaban J connectivity index is 1.10. The van der Waals surface area contributed by atoms with Gasteiger partial charge in [-0.3, -0.25) is 14.5 Å². The van der Waals surface area contributed by atoms with Crippen LogP contribution in [-0.2, 0) is 9.47 Å². The number of hydrogen-bond acceptors (Lipinski definition) is 4. The molecule has 5 fully saturated rings. The number of rotatable bonds is 2. The van der Waals surface area contributed by atoms with E-state index in [2.05, 4.69) is 20.8 Å². The standard InChI is InChI=1S/C31H41NO4/c1-29-14-12-20(32-27(33)21-6-4-5-7-22(21)28(32)34)18-19(29)8-9-23-24-10-11-26(31(3)35-16-17-36-31)30(24,2)15-13-25(23)29/h4-7,19-20,23-26H,8-18H2,1-3H3/t19-,20+,23-,24-,25-,26-,29-,30-/m0/s1. The molecule has 2 amide bonds. The molecular weight excluding hydrogens is 450 g/mol. The van der Waals surface area contributed by atoms with E-state index in [4.69, 9.17) is 9.47 Å². The quantitative estimate of drug-likeness (QED) is 0.471. The molecule has 2 aliphatic heterocycles. The maximum absolute atomic E-state index is 13.2. The minimum atomic E-state index is -0.401. The highest BCUT2D eigenvalue weighted by Gasteiger charge is 2.64. The Bertz CT molecular complexity index is 1060. The first-order valence-corrected chi connectivity index (χ1v) is 14.5. The summed E-state index contributed by atoms with van der Waals surface area (Å²) in [5, 5.41) is 0. The fourth-order valence-electron chi connectivity index (χ4n) is 10.6. The van der Waals surface area contributed by atoms with Gasteiger partial charge in [0, 0.05) is 12.0 Å². The van der Waals surface area contributed by atoms with Gasteiger partial charge in [-0.2, -0.15) is 0 Å². The zero-order valence-electron chi connectivity index (χ0n) is 22.1. The average molecular weight is 492 g/mol. The van der Waals surface area contributed by atoms with Gasteiger partial charge >= 0.3 is 0 Å². The molecule has 0 radical (unpaired) electrons. The Morgan fingerprint density at radius 1 is 0.778 bits per heavy atom. The molecule has 0 aromatic heterocycles. The van der Waals surface area contributed by atoms with Crippen molar-refractivity contribution in [1.29, 1.82) is 0 Å². The van der Waals surface area contributed by atoms with Crippen LogP contribution in [0.15, 0.2) is 24.3 Å². The van der Waals surface area contributed by atoms with Crippen LogP contribution in [0.4, 0.5) is 0 Å². The number of hydrogen-bond donors (Lipinski definition) is 0. The van der Waals surface area contributed by atoms with Crippen molar-refractivity contribution in [1.82, 2.24) is 4.90 Å². The topological polar surface area (TPSA) is 55.8 Å². The molecular formula is C31H41NO4. The summed E-state index contributed by atoms with van der Waals surface area (Å²) in [6.45, 7) is 8.77. The number of imide groups is 1. The van der Waals surface area contributed by atoms with Gasteiger partial charge in [0.1, 0.15) is 0 Å². The monoisotopic (exact) mass is 491 g/mol. The maximum Gasteiger partial charge on any atom is 0.261 e. The second kappa shape index (κ2) is 7.89. The number of ether oxygens (including phenoxy) is 2. The van der Waals surface area contributed by atoms with Crippen molar-refractivity contribution in [2.45, 2.75) is 90.4 Å². The molecule has 194 valence electrons.